The lowest BCUT2D eigenvalue weighted by atomic mass is 11.3. The van der Waals surface area contributed by atoms with Gasteiger partial charge in [-0.15, -0.1) is 24.6 Å². The molecule has 0 fully saturated rings. The molecule has 0 aliphatic rings. The van der Waals surface area contributed by atoms with Gasteiger partial charge in [-0.1, -0.05) is 18.8 Å². The van der Waals surface area contributed by atoms with Gasteiger partial charge in [-0.2, -0.15) is 0 Å². The van der Waals surface area contributed by atoms with E-state index in [-0.39, 0.29) is 17.6 Å². The summed E-state index contributed by atoms with van der Waals surface area (Å²) in [5, 5.41) is 0. The minimum absolute atomic E-state index is 0.202. The fourth-order valence-corrected chi connectivity index (χ4v) is 5.26. The average molecular weight is 154 g/mol. The molecule has 0 rings (SSSR count). The Morgan fingerprint density at radius 3 is 1.67 bits per heavy atom. The van der Waals surface area contributed by atoms with Gasteiger partial charge in [0.15, 0.2) is 0 Å². The van der Waals surface area contributed by atoms with Crippen molar-refractivity contribution < 1.29 is 0 Å². The molecule has 0 aromatic rings. The molecule has 0 atom stereocenters. The third kappa shape index (κ3) is 4.42. The van der Waals surface area contributed by atoms with Crippen molar-refractivity contribution in [2.45, 2.75) is 18.8 Å². The average Bonchev–Trinajstić information content (AvgIpc) is 1.87. The monoisotopic (exact) mass is 154 g/mol. The Labute approximate surface area is 61.5 Å². The Morgan fingerprint density at radius 2 is 1.44 bits per heavy atom. The molecule has 0 N–H and O–H groups in total. The summed E-state index contributed by atoms with van der Waals surface area (Å²) in [5.41, 5.74) is 5.60. The predicted octanol–water partition coefficient (Wildman–Crippen LogP) is 2.23. The van der Waals surface area contributed by atoms with Gasteiger partial charge in [0.05, 0.1) is 17.6 Å². The molecule has 0 aliphatic carbocycles. The van der Waals surface area contributed by atoms with Crippen LogP contribution >= 0.6 is 0 Å². The van der Waals surface area contributed by atoms with Crippen LogP contribution in [0, 0.1) is 0 Å². The lowest BCUT2D eigenvalue weighted by molar-refractivity contribution is 1.78. The fourth-order valence-electron chi connectivity index (χ4n) is 0.584. The van der Waals surface area contributed by atoms with Crippen LogP contribution in [0.4, 0.5) is 0 Å². The SMILES string of the molecule is C=C[Si](C)C[Si](C)C=C. The molecular formula is C7H14Si2. The molecule has 0 saturated heterocycles. The van der Waals surface area contributed by atoms with E-state index in [1.165, 1.54) is 5.67 Å². The quantitative estimate of drug-likeness (QED) is 0.545. The summed E-state index contributed by atoms with van der Waals surface area (Å²) in [6.45, 7) is 12.2. The van der Waals surface area contributed by atoms with E-state index < -0.39 is 0 Å². The molecular weight excluding hydrogens is 140 g/mol. The summed E-state index contributed by atoms with van der Waals surface area (Å²) in [4.78, 5) is 0. The van der Waals surface area contributed by atoms with Gasteiger partial charge in [0.2, 0.25) is 0 Å². The van der Waals surface area contributed by atoms with Gasteiger partial charge < -0.3 is 0 Å². The van der Waals surface area contributed by atoms with E-state index in [1.807, 2.05) is 0 Å². The molecule has 0 heterocycles. The summed E-state index contributed by atoms with van der Waals surface area (Å²) in [6.07, 6.45) is 0. The third-order valence-electron chi connectivity index (χ3n) is 1.25. The van der Waals surface area contributed by atoms with Crippen LogP contribution in [0.5, 0.6) is 0 Å². The van der Waals surface area contributed by atoms with E-state index in [0.29, 0.717) is 0 Å². The number of hydrogen-bond acceptors (Lipinski definition) is 0. The molecule has 0 nitrogen and oxygen atoms in total. The maximum Gasteiger partial charge on any atom is 0.0690 e. The Hall–Kier alpha value is -0.0862. The summed E-state index contributed by atoms with van der Waals surface area (Å²) in [7, 11) is -0.405. The molecule has 0 aromatic carbocycles. The molecule has 0 amide bonds. The zero-order chi connectivity index (χ0) is 7.28. The second kappa shape index (κ2) is 4.76. The minimum Gasteiger partial charge on any atom is -0.107 e. The van der Waals surface area contributed by atoms with Crippen LogP contribution in [0.3, 0.4) is 0 Å². The second-order valence-electron chi connectivity index (χ2n) is 2.28. The fraction of sp³-hybridized carbons (Fsp3) is 0.429. The van der Waals surface area contributed by atoms with Crippen molar-refractivity contribution >= 4 is 17.6 Å². The van der Waals surface area contributed by atoms with Crippen LogP contribution < -0.4 is 0 Å². The molecule has 0 aliphatic heterocycles. The van der Waals surface area contributed by atoms with Crippen LogP contribution in [-0.2, 0) is 0 Å². The maximum absolute atomic E-state index is 3.78. The van der Waals surface area contributed by atoms with Crippen LogP contribution in [-0.4, -0.2) is 17.6 Å². The molecule has 2 radical (unpaired) electrons. The highest BCUT2D eigenvalue weighted by Gasteiger charge is 2.03. The molecule has 2 heteroatoms. The normalized spacial score (nSPS) is 10.2. The lowest BCUT2D eigenvalue weighted by Crippen LogP contribution is -2.14. The predicted molar refractivity (Wildman–Crippen MR) is 48.4 cm³/mol. The first-order chi connectivity index (χ1) is 4.20. The van der Waals surface area contributed by atoms with Gasteiger partial charge in [-0.3, -0.25) is 0 Å². The van der Waals surface area contributed by atoms with Crippen molar-refractivity contribution in [3.8, 4) is 0 Å². The Morgan fingerprint density at radius 1 is 1.11 bits per heavy atom. The Bertz CT molecular complexity index is 87.1. The van der Waals surface area contributed by atoms with Gasteiger partial charge in [-0.25, -0.2) is 0 Å². The zero-order valence-corrected chi connectivity index (χ0v) is 8.28. The van der Waals surface area contributed by atoms with E-state index in [9.17, 15) is 0 Å². The van der Waals surface area contributed by atoms with Crippen molar-refractivity contribution in [2.24, 2.45) is 0 Å². The zero-order valence-electron chi connectivity index (χ0n) is 6.28. The minimum atomic E-state index is -0.202. The first-order valence-electron chi connectivity index (χ1n) is 3.10. The highest BCUT2D eigenvalue weighted by molar-refractivity contribution is 6.81. The summed E-state index contributed by atoms with van der Waals surface area (Å²) in [6, 6.07) is 0. The highest BCUT2D eigenvalue weighted by Crippen LogP contribution is 1.98. The van der Waals surface area contributed by atoms with Gasteiger partial charge in [0.25, 0.3) is 0 Å². The van der Waals surface area contributed by atoms with Crippen molar-refractivity contribution in [3.05, 3.63) is 24.6 Å². The maximum atomic E-state index is 3.78. The largest absolute Gasteiger partial charge is 0.107 e. The molecule has 0 saturated carbocycles. The lowest BCUT2D eigenvalue weighted by Gasteiger charge is -2.04. The van der Waals surface area contributed by atoms with Crippen molar-refractivity contribution in [1.82, 2.24) is 0 Å². The molecule has 0 bridgehead atoms. The third-order valence-corrected chi connectivity index (χ3v) is 7.11. The molecule has 0 unspecified atom stereocenters. The Balaban J connectivity index is 3.45. The van der Waals surface area contributed by atoms with E-state index in [4.69, 9.17) is 0 Å². The van der Waals surface area contributed by atoms with Gasteiger partial charge in [0, 0.05) is 0 Å². The second-order valence-corrected chi connectivity index (χ2v) is 7.89. The van der Waals surface area contributed by atoms with Gasteiger partial charge in [0.1, 0.15) is 0 Å². The molecule has 50 valence electrons. The summed E-state index contributed by atoms with van der Waals surface area (Å²) >= 11 is 0. The van der Waals surface area contributed by atoms with Crippen molar-refractivity contribution in [1.29, 1.82) is 0 Å². The highest BCUT2D eigenvalue weighted by atomic mass is 28.3. The first kappa shape index (κ1) is 8.91. The van der Waals surface area contributed by atoms with Crippen LogP contribution in [0.2, 0.25) is 18.8 Å². The molecule has 9 heavy (non-hydrogen) atoms. The van der Waals surface area contributed by atoms with Crippen LogP contribution in [0.25, 0.3) is 0 Å². The molecule has 0 spiro atoms. The van der Waals surface area contributed by atoms with Gasteiger partial charge in [-0.05, 0) is 0 Å². The Kier molecular flexibility index (Phi) is 4.72. The first-order valence-corrected chi connectivity index (χ1v) is 7.67. The topological polar surface area (TPSA) is 0 Å². The van der Waals surface area contributed by atoms with Crippen molar-refractivity contribution in [3.63, 3.8) is 0 Å². The smallest absolute Gasteiger partial charge is 0.0690 e. The van der Waals surface area contributed by atoms with Crippen molar-refractivity contribution in [2.75, 3.05) is 0 Å². The summed E-state index contributed by atoms with van der Waals surface area (Å²) < 4.78 is 0. The number of rotatable bonds is 4. The molecule has 0 aromatic heterocycles. The van der Waals surface area contributed by atoms with E-state index in [1.54, 1.807) is 0 Å². The summed E-state index contributed by atoms with van der Waals surface area (Å²) in [5.74, 6) is 0. The van der Waals surface area contributed by atoms with Crippen LogP contribution in [0.15, 0.2) is 24.6 Å². The van der Waals surface area contributed by atoms with Crippen LogP contribution in [0.1, 0.15) is 0 Å². The van der Waals surface area contributed by atoms with E-state index in [0.717, 1.165) is 0 Å². The van der Waals surface area contributed by atoms with E-state index >= 15 is 0 Å². The standard InChI is InChI=1S/C7H14Si2/c1-5-8(3)7-9(4)6-2/h5-6H,1-2,7H2,3-4H3. The van der Waals surface area contributed by atoms with Gasteiger partial charge >= 0.3 is 0 Å². The van der Waals surface area contributed by atoms with E-state index in [2.05, 4.69) is 37.7 Å². The number of hydrogen-bond donors (Lipinski definition) is 0.